The van der Waals surface area contributed by atoms with Crippen molar-refractivity contribution < 1.29 is 4.57 Å². The highest BCUT2D eigenvalue weighted by Crippen LogP contribution is 2.38. The molecule has 0 amide bonds. The predicted molar refractivity (Wildman–Crippen MR) is 59.2 cm³/mol. The molecule has 1 aliphatic heterocycles. The zero-order valence-corrected chi connectivity index (χ0v) is 10.0. The van der Waals surface area contributed by atoms with E-state index in [0.717, 1.165) is 12.1 Å². The summed E-state index contributed by atoms with van der Waals surface area (Å²) in [6.45, 7) is 6.26. The quantitative estimate of drug-likeness (QED) is 0.656. The van der Waals surface area contributed by atoms with Gasteiger partial charge in [-0.1, -0.05) is 0 Å². The highest BCUT2D eigenvalue weighted by molar-refractivity contribution is 7.62. The van der Waals surface area contributed by atoms with E-state index in [4.69, 9.17) is 0 Å². The lowest BCUT2D eigenvalue weighted by molar-refractivity contribution is 0.216. The van der Waals surface area contributed by atoms with Gasteiger partial charge in [0, 0.05) is 6.16 Å². The monoisotopic (exact) mass is 203 g/mol. The van der Waals surface area contributed by atoms with Crippen LogP contribution in [0.5, 0.6) is 0 Å². The zero-order chi connectivity index (χ0) is 9.90. The van der Waals surface area contributed by atoms with Gasteiger partial charge in [0.25, 0.3) is 0 Å². The van der Waals surface area contributed by atoms with Crippen molar-refractivity contribution in [1.82, 2.24) is 4.90 Å². The molecule has 0 aromatic carbocycles. The van der Waals surface area contributed by atoms with Crippen LogP contribution in [0.4, 0.5) is 0 Å². The summed E-state index contributed by atoms with van der Waals surface area (Å²) in [5.74, 6) is 0.837. The molecule has 78 valence electrons. The Morgan fingerprint density at radius 2 is 1.85 bits per heavy atom. The van der Waals surface area contributed by atoms with E-state index in [1.807, 2.05) is 13.3 Å². The van der Waals surface area contributed by atoms with E-state index in [1.165, 1.54) is 32.4 Å². The third kappa shape index (κ3) is 4.83. The molecule has 1 saturated heterocycles. The van der Waals surface area contributed by atoms with Crippen LogP contribution in [0, 0.1) is 5.92 Å². The van der Waals surface area contributed by atoms with Gasteiger partial charge in [-0.3, -0.25) is 0 Å². The number of nitrogens with zero attached hydrogens (tertiary/aromatic N) is 1. The maximum atomic E-state index is 11.5. The minimum absolute atomic E-state index is 0.837. The van der Waals surface area contributed by atoms with Crippen LogP contribution in [0.1, 0.15) is 19.3 Å². The maximum absolute atomic E-state index is 11.5. The molecule has 0 saturated carbocycles. The van der Waals surface area contributed by atoms with E-state index in [0.29, 0.717) is 0 Å². The second kappa shape index (κ2) is 4.61. The Bertz CT molecular complexity index is 191. The van der Waals surface area contributed by atoms with E-state index in [2.05, 4.69) is 11.9 Å². The van der Waals surface area contributed by atoms with Crippen molar-refractivity contribution in [3.63, 3.8) is 0 Å². The molecule has 0 N–H and O–H groups in total. The van der Waals surface area contributed by atoms with Gasteiger partial charge in [0.1, 0.15) is 0 Å². The molecule has 0 spiro atoms. The van der Waals surface area contributed by atoms with Crippen LogP contribution in [0.25, 0.3) is 0 Å². The van der Waals surface area contributed by atoms with Crippen LogP contribution >= 0.6 is 7.14 Å². The van der Waals surface area contributed by atoms with Gasteiger partial charge >= 0.3 is 0 Å². The maximum Gasteiger partial charge on any atom is 0.0819 e. The molecule has 13 heavy (non-hydrogen) atoms. The second-order valence-corrected chi connectivity index (χ2v) is 8.43. The molecule has 3 heteroatoms. The molecule has 0 atom stereocenters. The molecule has 0 bridgehead atoms. The van der Waals surface area contributed by atoms with E-state index < -0.39 is 7.14 Å². The third-order valence-electron chi connectivity index (χ3n) is 2.91. The Kier molecular flexibility index (Phi) is 4.00. The Balaban J connectivity index is 2.20. The van der Waals surface area contributed by atoms with Crippen molar-refractivity contribution in [2.24, 2.45) is 5.92 Å². The normalized spacial score (nSPS) is 22.1. The molecule has 1 aliphatic rings. The largest absolute Gasteiger partial charge is 0.324 e. The van der Waals surface area contributed by atoms with Gasteiger partial charge in [-0.15, -0.1) is 0 Å². The topological polar surface area (TPSA) is 20.3 Å². The van der Waals surface area contributed by atoms with Gasteiger partial charge in [-0.25, -0.2) is 0 Å². The summed E-state index contributed by atoms with van der Waals surface area (Å²) in [7, 11) is 0.420. The SMILES string of the molecule is CN1CCC(CCP(C)(C)=O)CC1. The van der Waals surface area contributed by atoms with E-state index >= 15 is 0 Å². The lowest BCUT2D eigenvalue weighted by Crippen LogP contribution is -2.30. The first-order valence-electron chi connectivity index (χ1n) is 5.20. The first kappa shape index (κ1) is 11.3. The summed E-state index contributed by atoms with van der Waals surface area (Å²) in [4.78, 5) is 2.38. The van der Waals surface area contributed by atoms with Crippen LogP contribution in [0.15, 0.2) is 0 Å². The molecule has 1 fully saturated rings. The van der Waals surface area contributed by atoms with Crippen molar-refractivity contribution in [3.05, 3.63) is 0 Å². The number of hydrogen-bond donors (Lipinski definition) is 0. The molecular weight excluding hydrogens is 181 g/mol. The molecule has 0 aliphatic carbocycles. The van der Waals surface area contributed by atoms with E-state index in [9.17, 15) is 4.57 Å². The molecule has 0 radical (unpaired) electrons. The molecule has 0 aromatic rings. The van der Waals surface area contributed by atoms with Crippen molar-refractivity contribution in [3.8, 4) is 0 Å². The van der Waals surface area contributed by atoms with Crippen LogP contribution in [0.2, 0.25) is 0 Å². The molecule has 1 heterocycles. The van der Waals surface area contributed by atoms with Gasteiger partial charge in [0.05, 0.1) is 7.14 Å². The highest BCUT2D eigenvalue weighted by Gasteiger charge is 2.18. The lowest BCUT2D eigenvalue weighted by atomic mass is 9.95. The summed E-state index contributed by atoms with van der Waals surface area (Å²) >= 11 is 0. The summed E-state index contributed by atoms with van der Waals surface area (Å²) in [6, 6.07) is 0. The Labute approximate surface area is 82.1 Å². The summed E-state index contributed by atoms with van der Waals surface area (Å²) in [5, 5.41) is 0. The average Bonchev–Trinajstić information content (AvgIpc) is 2.02. The minimum atomic E-state index is -1.76. The second-order valence-electron chi connectivity index (χ2n) is 4.83. The number of hydrogen-bond acceptors (Lipinski definition) is 2. The van der Waals surface area contributed by atoms with Crippen molar-refractivity contribution in [2.75, 3.05) is 39.6 Å². The van der Waals surface area contributed by atoms with E-state index in [1.54, 1.807) is 0 Å². The molecule has 1 rings (SSSR count). The van der Waals surface area contributed by atoms with Gasteiger partial charge < -0.3 is 9.46 Å². The number of piperidine rings is 1. The first-order chi connectivity index (χ1) is 5.97. The Hall–Kier alpha value is 0.190. The average molecular weight is 203 g/mol. The summed E-state index contributed by atoms with van der Waals surface area (Å²) in [6.07, 6.45) is 4.73. The van der Waals surface area contributed by atoms with Crippen LogP contribution < -0.4 is 0 Å². The Morgan fingerprint density at radius 1 is 1.31 bits per heavy atom. The number of rotatable bonds is 3. The van der Waals surface area contributed by atoms with Crippen molar-refractivity contribution >= 4 is 7.14 Å². The molecule has 0 unspecified atom stereocenters. The zero-order valence-electron chi connectivity index (χ0n) is 9.12. The lowest BCUT2D eigenvalue weighted by Gasteiger charge is -2.29. The predicted octanol–water partition coefficient (Wildman–Crippen LogP) is 2.34. The van der Waals surface area contributed by atoms with Crippen LogP contribution in [-0.4, -0.2) is 44.5 Å². The smallest absolute Gasteiger partial charge is 0.0819 e. The first-order valence-corrected chi connectivity index (χ1v) is 7.98. The number of likely N-dealkylation sites (tertiary alicyclic amines) is 1. The fraction of sp³-hybridized carbons (Fsp3) is 1.00. The van der Waals surface area contributed by atoms with Gasteiger partial charge in [-0.2, -0.15) is 0 Å². The van der Waals surface area contributed by atoms with Crippen molar-refractivity contribution in [1.29, 1.82) is 0 Å². The van der Waals surface area contributed by atoms with Gasteiger partial charge in [-0.05, 0) is 58.6 Å². The van der Waals surface area contributed by atoms with Gasteiger partial charge in [0.15, 0.2) is 0 Å². The van der Waals surface area contributed by atoms with Crippen molar-refractivity contribution in [2.45, 2.75) is 19.3 Å². The van der Waals surface area contributed by atoms with Crippen LogP contribution in [0.3, 0.4) is 0 Å². The fourth-order valence-corrected chi connectivity index (χ4v) is 2.83. The van der Waals surface area contributed by atoms with E-state index in [-0.39, 0.29) is 0 Å². The molecular formula is C10H22NOP. The highest BCUT2D eigenvalue weighted by atomic mass is 31.2. The fourth-order valence-electron chi connectivity index (χ4n) is 1.84. The summed E-state index contributed by atoms with van der Waals surface area (Å²) < 4.78 is 11.5. The molecule has 2 nitrogen and oxygen atoms in total. The minimum Gasteiger partial charge on any atom is -0.324 e. The molecule has 0 aromatic heterocycles. The summed E-state index contributed by atoms with van der Waals surface area (Å²) in [5.41, 5.74) is 0. The Morgan fingerprint density at radius 3 is 2.31 bits per heavy atom. The van der Waals surface area contributed by atoms with Crippen LogP contribution in [-0.2, 0) is 4.57 Å². The van der Waals surface area contributed by atoms with Gasteiger partial charge in [0.2, 0.25) is 0 Å². The standard InChI is InChI=1S/C10H22NOP/c1-11-7-4-10(5-8-11)6-9-13(2,3)12/h10H,4-9H2,1-3H3. The third-order valence-corrected chi connectivity index (χ3v) is 4.25.